The van der Waals surface area contributed by atoms with E-state index >= 15 is 0 Å². The number of hydrogen-bond acceptors (Lipinski definition) is 2. The number of rotatable bonds is 4. The molecule has 0 spiro atoms. The van der Waals surface area contributed by atoms with Gasteiger partial charge < -0.3 is 10.5 Å². The molecule has 0 aromatic heterocycles. The normalized spacial score (nSPS) is 13.3. The summed E-state index contributed by atoms with van der Waals surface area (Å²) in [5.74, 6) is 0.469. The molecule has 1 unspecified atom stereocenters. The van der Waals surface area contributed by atoms with Gasteiger partial charge in [0.15, 0.2) is 0 Å². The van der Waals surface area contributed by atoms with Crippen molar-refractivity contribution in [3.05, 3.63) is 29.8 Å². The molecule has 84 valence electrons. The summed E-state index contributed by atoms with van der Waals surface area (Å²) in [6.07, 6.45) is 0. The molecule has 0 amide bonds. The predicted molar refractivity (Wildman–Crippen MR) is 54.8 cm³/mol. The summed E-state index contributed by atoms with van der Waals surface area (Å²) in [7, 11) is 0. The Hall–Kier alpha value is -1.16. The molecule has 0 aliphatic rings. The number of halogens is 2. The lowest BCUT2D eigenvalue weighted by Crippen LogP contribution is -2.16. The maximum absolute atomic E-state index is 11.9. The summed E-state index contributed by atoms with van der Waals surface area (Å²) in [5.41, 5.74) is 6.82. The Morgan fingerprint density at radius 2 is 1.67 bits per heavy atom. The van der Waals surface area contributed by atoms with Crippen LogP contribution in [0.2, 0.25) is 0 Å². The van der Waals surface area contributed by atoms with Gasteiger partial charge in [-0.3, -0.25) is 0 Å². The van der Waals surface area contributed by atoms with Crippen molar-refractivity contribution in [3.8, 4) is 5.75 Å². The average Bonchev–Trinajstić information content (AvgIpc) is 2.17. The maximum atomic E-state index is 11.9. The van der Waals surface area contributed by atoms with E-state index in [1.807, 2.05) is 13.8 Å². The Morgan fingerprint density at radius 3 is 2.07 bits per heavy atom. The molecule has 1 rings (SSSR count). The molecular formula is C11H15F2NO. The van der Waals surface area contributed by atoms with E-state index in [1.54, 1.807) is 12.1 Å². The van der Waals surface area contributed by atoms with Crippen LogP contribution in [-0.4, -0.2) is 6.61 Å². The number of nitrogens with two attached hydrogens (primary N) is 1. The molecule has 1 atom stereocenters. The topological polar surface area (TPSA) is 35.2 Å². The van der Waals surface area contributed by atoms with Crippen molar-refractivity contribution in [2.24, 2.45) is 11.7 Å². The maximum Gasteiger partial charge on any atom is 0.387 e. The zero-order chi connectivity index (χ0) is 11.4. The minimum Gasteiger partial charge on any atom is -0.435 e. The standard InChI is InChI=1S/C11H15F2NO/c1-7(2)10(14)8-3-5-9(6-4-8)15-11(12)13/h3-7,10-11H,14H2,1-2H3. The fourth-order valence-electron chi connectivity index (χ4n) is 1.26. The molecule has 2 nitrogen and oxygen atoms in total. The molecule has 0 aliphatic heterocycles. The molecule has 1 aromatic rings. The van der Waals surface area contributed by atoms with Gasteiger partial charge in [-0.15, -0.1) is 0 Å². The molecule has 15 heavy (non-hydrogen) atoms. The van der Waals surface area contributed by atoms with Crippen molar-refractivity contribution in [1.29, 1.82) is 0 Å². The predicted octanol–water partition coefficient (Wildman–Crippen LogP) is 2.94. The fraction of sp³-hybridized carbons (Fsp3) is 0.455. The molecular weight excluding hydrogens is 200 g/mol. The summed E-state index contributed by atoms with van der Waals surface area (Å²) in [5, 5.41) is 0. The highest BCUT2D eigenvalue weighted by Gasteiger charge is 2.10. The molecule has 0 heterocycles. The minimum absolute atomic E-state index is 0.0781. The highest BCUT2D eigenvalue weighted by Crippen LogP contribution is 2.22. The second-order valence-corrected chi connectivity index (χ2v) is 3.72. The van der Waals surface area contributed by atoms with Crippen LogP contribution in [0.25, 0.3) is 0 Å². The van der Waals surface area contributed by atoms with Crippen molar-refractivity contribution >= 4 is 0 Å². The van der Waals surface area contributed by atoms with E-state index in [1.165, 1.54) is 12.1 Å². The van der Waals surface area contributed by atoms with E-state index in [9.17, 15) is 8.78 Å². The summed E-state index contributed by atoms with van der Waals surface area (Å²) >= 11 is 0. The van der Waals surface area contributed by atoms with Gasteiger partial charge in [-0.05, 0) is 23.6 Å². The van der Waals surface area contributed by atoms with Crippen molar-refractivity contribution < 1.29 is 13.5 Å². The first-order chi connectivity index (χ1) is 7.00. The molecule has 0 aliphatic carbocycles. The number of ether oxygens (including phenoxy) is 1. The monoisotopic (exact) mass is 215 g/mol. The van der Waals surface area contributed by atoms with Gasteiger partial charge in [0.05, 0.1) is 0 Å². The van der Waals surface area contributed by atoms with E-state index in [2.05, 4.69) is 4.74 Å². The Bertz CT molecular complexity index is 298. The lowest BCUT2D eigenvalue weighted by molar-refractivity contribution is -0.0498. The van der Waals surface area contributed by atoms with Gasteiger partial charge in [-0.1, -0.05) is 26.0 Å². The van der Waals surface area contributed by atoms with Crippen LogP contribution in [0.15, 0.2) is 24.3 Å². The number of alkyl halides is 2. The highest BCUT2D eigenvalue weighted by atomic mass is 19.3. The van der Waals surface area contributed by atoms with Crippen molar-refractivity contribution in [1.82, 2.24) is 0 Å². The Kier molecular flexibility index (Phi) is 4.03. The van der Waals surface area contributed by atoms with Gasteiger partial charge in [0, 0.05) is 6.04 Å². The molecule has 0 saturated carbocycles. The molecule has 1 aromatic carbocycles. The van der Waals surface area contributed by atoms with Crippen LogP contribution in [0, 0.1) is 5.92 Å². The van der Waals surface area contributed by atoms with Crippen molar-refractivity contribution in [3.63, 3.8) is 0 Å². The van der Waals surface area contributed by atoms with Crippen LogP contribution < -0.4 is 10.5 Å². The van der Waals surface area contributed by atoms with Gasteiger partial charge in [0.2, 0.25) is 0 Å². The van der Waals surface area contributed by atoms with E-state index in [0.29, 0.717) is 5.92 Å². The third-order valence-electron chi connectivity index (χ3n) is 2.21. The second kappa shape index (κ2) is 5.07. The Morgan fingerprint density at radius 1 is 1.13 bits per heavy atom. The van der Waals surface area contributed by atoms with Crippen molar-refractivity contribution in [2.75, 3.05) is 0 Å². The van der Waals surface area contributed by atoms with Gasteiger partial charge in [-0.2, -0.15) is 8.78 Å². The van der Waals surface area contributed by atoms with E-state index in [0.717, 1.165) is 5.56 Å². The second-order valence-electron chi connectivity index (χ2n) is 3.72. The quantitative estimate of drug-likeness (QED) is 0.838. The van der Waals surface area contributed by atoms with Crippen LogP contribution in [0.3, 0.4) is 0 Å². The van der Waals surface area contributed by atoms with Gasteiger partial charge >= 0.3 is 6.61 Å². The third-order valence-corrected chi connectivity index (χ3v) is 2.21. The van der Waals surface area contributed by atoms with Crippen LogP contribution in [0.1, 0.15) is 25.5 Å². The molecule has 0 radical (unpaired) electrons. The Labute approximate surface area is 88.0 Å². The highest BCUT2D eigenvalue weighted by molar-refractivity contribution is 5.29. The first-order valence-corrected chi connectivity index (χ1v) is 4.81. The zero-order valence-corrected chi connectivity index (χ0v) is 8.78. The Balaban J connectivity index is 2.72. The van der Waals surface area contributed by atoms with Gasteiger partial charge in [0.25, 0.3) is 0 Å². The van der Waals surface area contributed by atoms with Crippen molar-refractivity contribution in [2.45, 2.75) is 26.5 Å². The first kappa shape index (κ1) is 11.9. The van der Waals surface area contributed by atoms with Crippen LogP contribution in [0.4, 0.5) is 8.78 Å². The summed E-state index contributed by atoms with van der Waals surface area (Å²) < 4.78 is 28.0. The smallest absolute Gasteiger partial charge is 0.387 e. The average molecular weight is 215 g/mol. The minimum atomic E-state index is -2.78. The number of hydrogen-bond donors (Lipinski definition) is 1. The summed E-state index contributed by atoms with van der Waals surface area (Å²) in [4.78, 5) is 0. The van der Waals surface area contributed by atoms with Gasteiger partial charge in [-0.25, -0.2) is 0 Å². The van der Waals surface area contributed by atoms with Crippen LogP contribution >= 0.6 is 0 Å². The van der Waals surface area contributed by atoms with Gasteiger partial charge in [0.1, 0.15) is 5.75 Å². The fourth-order valence-corrected chi connectivity index (χ4v) is 1.26. The van der Waals surface area contributed by atoms with E-state index in [-0.39, 0.29) is 11.8 Å². The van der Waals surface area contributed by atoms with E-state index in [4.69, 9.17) is 5.73 Å². The number of benzene rings is 1. The molecule has 0 fully saturated rings. The largest absolute Gasteiger partial charge is 0.435 e. The first-order valence-electron chi connectivity index (χ1n) is 4.81. The molecule has 0 bridgehead atoms. The third kappa shape index (κ3) is 3.47. The summed E-state index contributed by atoms with van der Waals surface area (Å²) in [6.45, 7) is 1.23. The van der Waals surface area contributed by atoms with Crippen LogP contribution in [-0.2, 0) is 0 Å². The lowest BCUT2D eigenvalue weighted by atomic mass is 9.97. The molecule has 0 saturated heterocycles. The molecule has 4 heteroatoms. The van der Waals surface area contributed by atoms with E-state index < -0.39 is 6.61 Å². The molecule has 2 N–H and O–H groups in total. The zero-order valence-electron chi connectivity index (χ0n) is 8.78. The van der Waals surface area contributed by atoms with Crippen LogP contribution in [0.5, 0.6) is 5.75 Å². The SMILES string of the molecule is CC(C)C(N)c1ccc(OC(F)F)cc1. The lowest BCUT2D eigenvalue weighted by Gasteiger charge is -2.16. The summed E-state index contributed by atoms with van der Waals surface area (Å²) in [6, 6.07) is 6.35.